The highest BCUT2D eigenvalue weighted by Crippen LogP contribution is 1.99. The summed E-state index contributed by atoms with van der Waals surface area (Å²) in [6, 6.07) is 2.56. The van der Waals surface area contributed by atoms with E-state index in [0.717, 1.165) is 13.0 Å². The highest BCUT2D eigenvalue weighted by atomic mass is 15.3. The molecular formula is C9H17N3. The summed E-state index contributed by atoms with van der Waals surface area (Å²) >= 11 is 0. The fourth-order valence-electron chi connectivity index (χ4n) is 1.22. The van der Waals surface area contributed by atoms with E-state index in [4.69, 9.17) is 0 Å². The first kappa shape index (κ1) is 9.26. The van der Waals surface area contributed by atoms with Crippen molar-refractivity contribution < 1.29 is 0 Å². The zero-order valence-electron chi connectivity index (χ0n) is 8.04. The molecule has 1 aromatic heterocycles. The molecule has 12 heavy (non-hydrogen) atoms. The van der Waals surface area contributed by atoms with Gasteiger partial charge in [-0.1, -0.05) is 6.92 Å². The molecule has 3 nitrogen and oxygen atoms in total. The Morgan fingerprint density at radius 1 is 1.67 bits per heavy atom. The molecule has 3 heteroatoms. The molecule has 0 radical (unpaired) electrons. The Kier molecular flexibility index (Phi) is 3.29. The van der Waals surface area contributed by atoms with Gasteiger partial charge in [0, 0.05) is 17.9 Å². The van der Waals surface area contributed by atoms with E-state index in [-0.39, 0.29) is 0 Å². The van der Waals surface area contributed by atoms with Crippen LogP contribution >= 0.6 is 0 Å². The van der Waals surface area contributed by atoms with Crippen molar-refractivity contribution in [2.24, 2.45) is 0 Å². The van der Waals surface area contributed by atoms with Crippen molar-refractivity contribution in [2.75, 3.05) is 7.05 Å². The summed E-state index contributed by atoms with van der Waals surface area (Å²) in [5.74, 6) is 0. The molecule has 0 saturated carbocycles. The first-order valence-electron chi connectivity index (χ1n) is 4.43. The largest absolute Gasteiger partial charge is 0.315 e. The monoisotopic (exact) mass is 167 g/mol. The van der Waals surface area contributed by atoms with Gasteiger partial charge < -0.3 is 5.32 Å². The third-order valence-corrected chi connectivity index (χ3v) is 2.22. The molecule has 1 heterocycles. The van der Waals surface area contributed by atoms with E-state index >= 15 is 0 Å². The van der Waals surface area contributed by atoms with Crippen molar-refractivity contribution in [1.29, 1.82) is 0 Å². The van der Waals surface area contributed by atoms with Crippen LogP contribution in [0.15, 0.2) is 12.3 Å². The smallest absolute Gasteiger partial charge is 0.0565 e. The second-order valence-corrected chi connectivity index (χ2v) is 3.05. The number of likely N-dealkylation sites (N-methyl/N-ethyl adjacent to an activating group) is 1. The number of rotatable bonds is 4. The molecule has 0 spiro atoms. The van der Waals surface area contributed by atoms with Crippen LogP contribution < -0.4 is 5.32 Å². The average molecular weight is 167 g/mol. The third-order valence-electron chi connectivity index (χ3n) is 2.22. The molecule has 1 rings (SSSR count). The van der Waals surface area contributed by atoms with Gasteiger partial charge in [0.05, 0.1) is 6.54 Å². The van der Waals surface area contributed by atoms with Crippen molar-refractivity contribution in [2.45, 2.75) is 32.9 Å². The van der Waals surface area contributed by atoms with Crippen molar-refractivity contribution in [3.63, 3.8) is 0 Å². The number of hydrogen-bond donors (Lipinski definition) is 1. The Bertz CT molecular complexity index is 225. The summed E-state index contributed by atoms with van der Waals surface area (Å²) in [5.41, 5.74) is 1.23. The summed E-state index contributed by atoms with van der Waals surface area (Å²) in [5, 5.41) is 7.48. The van der Waals surface area contributed by atoms with Crippen LogP contribution in [-0.2, 0) is 6.54 Å². The Morgan fingerprint density at radius 2 is 2.42 bits per heavy atom. The maximum absolute atomic E-state index is 4.23. The molecule has 68 valence electrons. The SMILES string of the molecule is CCC(Cn1nccc1C)NC. The van der Waals surface area contributed by atoms with Gasteiger partial charge in [-0.15, -0.1) is 0 Å². The van der Waals surface area contributed by atoms with E-state index in [1.807, 2.05) is 24.0 Å². The molecule has 0 aliphatic carbocycles. The fraction of sp³-hybridized carbons (Fsp3) is 0.667. The number of nitrogens with zero attached hydrogens (tertiary/aromatic N) is 2. The van der Waals surface area contributed by atoms with Crippen LogP contribution in [0, 0.1) is 6.92 Å². The highest BCUT2D eigenvalue weighted by molar-refractivity contribution is 4.96. The van der Waals surface area contributed by atoms with Gasteiger partial charge in [-0.2, -0.15) is 5.10 Å². The van der Waals surface area contributed by atoms with E-state index in [1.54, 1.807) is 0 Å². The molecule has 1 atom stereocenters. The van der Waals surface area contributed by atoms with Crippen molar-refractivity contribution in [3.8, 4) is 0 Å². The summed E-state index contributed by atoms with van der Waals surface area (Å²) < 4.78 is 2.03. The molecular weight excluding hydrogens is 150 g/mol. The zero-order valence-corrected chi connectivity index (χ0v) is 8.04. The normalized spacial score (nSPS) is 13.2. The van der Waals surface area contributed by atoms with Gasteiger partial charge >= 0.3 is 0 Å². The van der Waals surface area contributed by atoms with Crippen molar-refractivity contribution >= 4 is 0 Å². The Morgan fingerprint density at radius 3 is 2.83 bits per heavy atom. The van der Waals surface area contributed by atoms with Crippen molar-refractivity contribution in [3.05, 3.63) is 18.0 Å². The van der Waals surface area contributed by atoms with Crippen LogP contribution in [0.1, 0.15) is 19.0 Å². The topological polar surface area (TPSA) is 29.9 Å². The highest BCUT2D eigenvalue weighted by Gasteiger charge is 2.05. The Balaban J connectivity index is 2.56. The lowest BCUT2D eigenvalue weighted by Gasteiger charge is -2.14. The first-order valence-corrected chi connectivity index (χ1v) is 4.43. The lowest BCUT2D eigenvalue weighted by Crippen LogP contribution is -2.30. The standard InChI is InChI=1S/C9H17N3/c1-4-9(10-3)7-12-8(2)5-6-11-12/h5-6,9-10H,4,7H2,1-3H3. The molecule has 1 aromatic rings. The van der Waals surface area contributed by atoms with Crippen molar-refractivity contribution in [1.82, 2.24) is 15.1 Å². The molecule has 0 aliphatic rings. The number of nitrogens with one attached hydrogen (secondary N) is 1. The van der Waals surface area contributed by atoms with Gasteiger partial charge in [0.25, 0.3) is 0 Å². The molecule has 1 unspecified atom stereocenters. The molecule has 0 aliphatic heterocycles. The summed E-state index contributed by atoms with van der Waals surface area (Å²) in [6.45, 7) is 5.22. The minimum Gasteiger partial charge on any atom is -0.315 e. The van der Waals surface area contributed by atoms with Crippen LogP contribution in [0.2, 0.25) is 0 Å². The minimum absolute atomic E-state index is 0.531. The molecule has 0 aromatic carbocycles. The molecule has 0 fully saturated rings. The van der Waals surface area contributed by atoms with Crippen LogP contribution in [0.25, 0.3) is 0 Å². The van der Waals surface area contributed by atoms with Gasteiger partial charge in [0.15, 0.2) is 0 Å². The predicted octanol–water partition coefficient (Wildman–Crippen LogP) is 1.19. The van der Waals surface area contributed by atoms with E-state index in [1.165, 1.54) is 5.69 Å². The second kappa shape index (κ2) is 4.26. The zero-order chi connectivity index (χ0) is 8.97. The quantitative estimate of drug-likeness (QED) is 0.730. The summed E-state index contributed by atoms with van der Waals surface area (Å²) in [4.78, 5) is 0. The van der Waals surface area contributed by atoms with Gasteiger partial charge in [-0.3, -0.25) is 4.68 Å². The van der Waals surface area contributed by atoms with Crippen LogP contribution in [0.4, 0.5) is 0 Å². The van der Waals surface area contributed by atoms with Gasteiger partial charge in [0.2, 0.25) is 0 Å². The van der Waals surface area contributed by atoms with Crippen LogP contribution in [0.5, 0.6) is 0 Å². The Labute approximate surface area is 73.8 Å². The molecule has 0 saturated heterocycles. The van der Waals surface area contributed by atoms with Crippen LogP contribution in [0.3, 0.4) is 0 Å². The van der Waals surface area contributed by atoms with E-state index in [9.17, 15) is 0 Å². The van der Waals surface area contributed by atoms with E-state index in [2.05, 4.69) is 24.3 Å². The predicted molar refractivity (Wildman–Crippen MR) is 50.1 cm³/mol. The molecule has 1 N–H and O–H groups in total. The number of aryl methyl sites for hydroxylation is 1. The number of hydrogen-bond acceptors (Lipinski definition) is 2. The maximum Gasteiger partial charge on any atom is 0.0565 e. The lowest BCUT2D eigenvalue weighted by atomic mass is 10.2. The Hall–Kier alpha value is -0.830. The molecule has 0 amide bonds. The van der Waals surface area contributed by atoms with E-state index in [0.29, 0.717) is 6.04 Å². The van der Waals surface area contributed by atoms with E-state index < -0.39 is 0 Å². The van der Waals surface area contributed by atoms with Gasteiger partial charge in [-0.05, 0) is 26.5 Å². The first-order chi connectivity index (χ1) is 5.77. The van der Waals surface area contributed by atoms with Gasteiger partial charge in [0.1, 0.15) is 0 Å². The fourth-order valence-corrected chi connectivity index (χ4v) is 1.22. The summed E-state index contributed by atoms with van der Waals surface area (Å²) in [6.07, 6.45) is 2.98. The summed E-state index contributed by atoms with van der Waals surface area (Å²) in [7, 11) is 1.99. The minimum atomic E-state index is 0.531. The number of aromatic nitrogens is 2. The second-order valence-electron chi connectivity index (χ2n) is 3.05. The van der Waals surface area contributed by atoms with Crippen LogP contribution in [-0.4, -0.2) is 22.9 Å². The van der Waals surface area contributed by atoms with Gasteiger partial charge in [-0.25, -0.2) is 0 Å². The third kappa shape index (κ3) is 2.08. The average Bonchev–Trinajstić information content (AvgIpc) is 2.47. The lowest BCUT2D eigenvalue weighted by molar-refractivity contribution is 0.437. The molecule has 0 bridgehead atoms. The maximum atomic E-state index is 4.23.